The van der Waals surface area contributed by atoms with Gasteiger partial charge in [-0.15, -0.1) is 0 Å². The molecule has 0 saturated carbocycles. The van der Waals surface area contributed by atoms with Crippen LogP contribution in [0.3, 0.4) is 0 Å². The highest BCUT2D eigenvalue weighted by molar-refractivity contribution is 5.81. The van der Waals surface area contributed by atoms with Crippen LogP contribution in [0.2, 0.25) is 0 Å². The average Bonchev–Trinajstić information content (AvgIpc) is 2.45. The second-order valence-electron chi connectivity index (χ2n) is 4.29. The van der Waals surface area contributed by atoms with E-state index in [9.17, 15) is 4.79 Å². The molecule has 1 rings (SSSR count). The first-order valence-corrected chi connectivity index (χ1v) is 6.48. The molecule has 0 atom stereocenters. The smallest absolute Gasteiger partial charge is 0.239 e. The lowest BCUT2D eigenvalue weighted by Crippen LogP contribution is -2.36. The number of anilines is 1. The maximum Gasteiger partial charge on any atom is 0.239 e. The molecule has 1 aromatic carbocycles. The molecule has 0 aliphatic carbocycles. The SMILES string of the molecule is CCCN(CC(=O)NC)c1cc(OC)ccc1CN. The summed E-state index contributed by atoms with van der Waals surface area (Å²) in [4.78, 5) is 13.6. The molecule has 5 nitrogen and oxygen atoms in total. The van der Waals surface area contributed by atoms with Gasteiger partial charge in [-0.05, 0) is 18.1 Å². The lowest BCUT2D eigenvalue weighted by atomic mass is 10.1. The summed E-state index contributed by atoms with van der Waals surface area (Å²) in [5.74, 6) is 0.754. The fraction of sp³-hybridized carbons (Fsp3) is 0.500. The van der Waals surface area contributed by atoms with Gasteiger partial charge < -0.3 is 20.7 Å². The van der Waals surface area contributed by atoms with Crippen molar-refractivity contribution >= 4 is 11.6 Å². The third kappa shape index (κ3) is 4.13. The van der Waals surface area contributed by atoms with Gasteiger partial charge in [-0.2, -0.15) is 0 Å². The van der Waals surface area contributed by atoms with Gasteiger partial charge in [-0.25, -0.2) is 0 Å². The van der Waals surface area contributed by atoms with Gasteiger partial charge in [0.25, 0.3) is 0 Å². The summed E-state index contributed by atoms with van der Waals surface area (Å²) in [5, 5.41) is 2.65. The molecule has 1 amide bonds. The number of hydrogen-bond acceptors (Lipinski definition) is 4. The van der Waals surface area contributed by atoms with E-state index in [0.717, 1.165) is 30.0 Å². The fourth-order valence-corrected chi connectivity index (χ4v) is 1.94. The minimum absolute atomic E-state index is 0.0146. The summed E-state index contributed by atoms with van der Waals surface area (Å²) in [6.07, 6.45) is 0.957. The largest absolute Gasteiger partial charge is 0.497 e. The summed E-state index contributed by atoms with van der Waals surface area (Å²) in [6, 6.07) is 5.76. The third-order valence-electron chi connectivity index (χ3n) is 2.96. The maximum atomic E-state index is 11.6. The molecule has 0 aromatic heterocycles. The van der Waals surface area contributed by atoms with Crippen LogP contribution in [0.1, 0.15) is 18.9 Å². The van der Waals surface area contributed by atoms with Crippen molar-refractivity contribution in [2.24, 2.45) is 5.73 Å². The number of carbonyl (C=O) groups excluding carboxylic acids is 1. The van der Waals surface area contributed by atoms with E-state index in [1.54, 1.807) is 14.2 Å². The molecule has 0 saturated heterocycles. The summed E-state index contributed by atoms with van der Waals surface area (Å²) >= 11 is 0. The summed E-state index contributed by atoms with van der Waals surface area (Å²) in [6.45, 7) is 3.64. The first kappa shape index (κ1) is 15.3. The Balaban J connectivity index is 3.07. The van der Waals surface area contributed by atoms with Crippen LogP contribution in [-0.2, 0) is 11.3 Å². The van der Waals surface area contributed by atoms with Crippen molar-refractivity contribution in [3.8, 4) is 5.75 Å². The summed E-state index contributed by atoms with van der Waals surface area (Å²) < 4.78 is 5.25. The third-order valence-corrected chi connectivity index (χ3v) is 2.96. The highest BCUT2D eigenvalue weighted by atomic mass is 16.5. The van der Waals surface area contributed by atoms with Crippen LogP contribution in [0, 0.1) is 0 Å². The van der Waals surface area contributed by atoms with Crippen LogP contribution >= 0.6 is 0 Å². The highest BCUT2D eigenvalue weighted by Gasteiger charge is 2.14. The zero-order valence-corrected chi connectivity index (χ0v) is 11.9. The number of nitrogens with two attached hydrogens (primary N) is 1. The molecule has 0 aliphatic heterocycles. The number of nitrogens with zero attached hydrogens (tertiary/aromatic N) is 1. The van der Waals surface area contributed by atoms with Gasteiger partial charge in [0.05, 0.1) is 13.7 Å². The molecule has 106 valence electrons. The molecule has 0 spiro atoms. The topological polar surface area (TPSA) is 67.6 Å². The van der Waals surface area contributed by atoms with Crippen molar-refractivity contribution in [2.45, 2.75) is 19.9 Å². The molecular formula is C14H23N3O2. The highest BCUT2D eigenvalue weighted by Crippen LogP contribution is 2.26. The van der Waals surface area contributed by atoms with E-state index in [4.69, 9.17) is 10.5 Å². The normalized spacial score (nSPS) is 10.1. The van der Waals surface area contributed by atoms with Crippen LogP contribution in [-0.4, -0.2) is 33.2 Å². The number of hydrogen-bond donors (Lipinski definition) is 2. The molecule has 5 heteroatoms. The van der Waals surface area contributed by atoms with E-state index in [2.05, 4.69) is 12.2 Å². The predicted octanol–water partition coefficient (Wildman–Crippen LogP) is 1.12. The van der Waals surface area contributed by atoms with Crippen molar-refractivity contribution in [2.75, 3.05) is 32.1 Å². The van der Waals surface area contributed by atoms with Crippen LogP contribution < -0.4 is 20.7 Å². The summed E-state index contributed by atoms with van der Waals surface area (Å²) in [7, 11) is 3.27. The van der Waals surface area contributed by atoms with E-state index in [1.165, 1.54) is 0 Å². The van der Waals surface area contributed by atoms with Crippen molar-refractivity contribution in [1.29, 1.82) is 0 Å². The molecule has 0 heterocycles. The maximum absolute atomic E-state index is 11.6. The number of nitrogens with one attached hydrogen (secondary N) is 1. The molecule has 19 heavy (non-hydrogen) atoms. The Morgan fingerprint density at radius 2 is 2.21 bits per heavy atom. The molecule has 0 radical (unpaired) electrons. The van der Waals surface area contributed by atoms with Gasteiger partial charge >= 0.3 is 0 Å². The Labute approximate surface area is 114 Å². The number of carbonyl (C=O) groups is 1. The second kappa shape index (κ2) is 7.63. The van der Waals surface area contributed by atoms with Gasteiger partial charge in [0, 0.05) is 31.9 Å². The summed E-state index contributed by atoms with van der Waals surface area (Å²) in [5.41, 5.74) is 7.75. The average molecular weight is 265 g/mol. The first-order valence-electron chi connectivity index (χ1n) is 6.48. The zero-order chi connectivity index (χ0) is 14.3. The van der Waals surface area contributed by atoms with Crippen LogP contribution in [0.25, 0.3) is 0 Å². The van der Waals surface area contributed by atoms with E-state index >= 15 is 0 Å². The molecular weight excluding hydrogens is 242 g/mol. The predicted molar refractivity (Wildman–Crippen MR) is 77.5 cm³/mol. The van der Waals surface area contributed by atoms with Gasteiger partial charge in [-0.3, -0.25) is 4.79 Å². The van der Waals surface area contributed by atoms with Crippen molar-refractivity contribution < 1.29 is 9.53 Å². The van der Waals surface area contributed by atoms with Crippen molar-refractivity contribution in [1.82, 2.24) is 5.32 Å². The van der Waals surface area contributed by atoms with Crippen LogP contribution in [0.15, 0.2) is 18.2 Å². The lowest BCUT2D eigenvalue weighted by Gasteiger charge is -2.26. The van der Waals surface area contributed by atoms with E-state index in [0.29, 0.717) is 13.1 Å². The molecule has 0 unspecified atom stereocenters. The first-order chi connectivity index (χ1) is 9.15. The molecule has 0 fully saturated rings. The Kier molecular flexibility index (Phi) is 6.15. The van der Waals surface area contributed by atoms with E-state index < -0.39 is 0 Å². The van der Waals surface area contributed by atoms with Crippen molar-refractivity contribution in [3.63, 3.8) is 0 Å². The Morgan fingerprint density at radius 3 is 2.74 bits per heavy atom. The molecule has 1 aromatic rings. The molecule has 3 N–H and O–H groups in total. The minimum atomic E-state index is -0.0146. The number of ether oxygens (including phenoxy) is 1. The quantitative estimate of drug-likeness (QED) is 0.775. The lowest BCUT2D eigenvalue weighted by molar-refractivity contribution is -0.119. The fourth-order valence-electron chi connectivity index (χ4n) is 1.94. The number of methoxy groups -OCH3 is 1. The standard InChI is InChI=1S/C14H23N3O2/c1-4-7-17(10-14(18)16-2)13-8-12(19-3)6-5-11(13)9-15/h5-6,8H,4,7,9-10,15H2,1-3H3,(H,16,18). The Hall–Kier alpha value is -1.75. The van der Waals surface area contributed by atoms with E-state index in [1.807, 2.05) is 23.1 Å². The van der Waals surface area contributed by atoms with Gasteiger partial charge in [0.1, 0.15) is 5.75 Å². The van der Waals surface area contributed by atoms with Gasteiger partial charge in [0.15, 0.2) is 0 Å². The Morgan fingerprint density at radius 1 is 1.47 bits per heavy atom. The van der Waals surface area contributed by atoms with Gasteiger partial charge in [0.2, 0.25) is 5.91 Å². The zero-order valence-electron chi connectivity index (χ0n) is 11.9. The van der Waals surface area contributed by atoms with E-state index in [-0.39, 0.29) is 5.91 Å². The number of rotatable bonds is 7. The molecule has 0 aliphatic rings. The number of likely N-dealkylation sites (N-methyl/N-ethyl adjacent to an activating group) is 1. The second-order valence-corrected chi connectivity index (χ2v) is 4.29. The Bertz CT molecular complexity index is 421. The monoisotopic (exact) mass is 265 g/mol. The van der Waals surface area contributed by atoms with Crippen LogP contribution in [0.4, 0.5) is 5.69 Å². The molecule has 0 bridgehead atoms. The van der Waals surface area contributed by atoms with Crippen molar-refractivity contribution in [3.05, 3.63) is 23.8 Å². The van der Waals surface area contributed by atoms with Gasteiger partial charge in [-0.1, -0.05) is 13.0 Å². The van der Waals surface area contributed by atoms with Crippen LogP contribution in [0.5, 0.6) is 5.75 Å². The number of amides is 1. The number of benzene rings is 1. The minimum Gasteiger partial charge on any atom is -0.497 e.